The fraction of sp³-hybridized carbons (Fsp3) is 0.571. The van der Waals surface area contributed by atoms with Crippen molar-refractivity contribution in [3.63, 3.8) is 0 Å². The molecule has 0 aromatic heterocycles. The van der Waals surface area contributed by atoms with Crippen LogP contribution >= 0.6 is 0 Å². The monoisotopic (exact) mass is 267 g/mol. The molecule has 1 aromatic carbocycles. The van der Waals surface area contributed by atoms with Crippen LogP contribution in [-0.2, 0) is 16.3 Å². The zero-order chi connectivity index (χ0) is 13.0. The molecule has 4 heteroatoms. The standard InChI is InChI=1S/C14H21NO2S/c1-2-12-6-8-14(9-7-12)18(16,17)11-13-5-3-4-10-15-13/h6-9,13,15H,2-5,10-11H2,1H3. The predicted octanol–water partition coefficient (Wildman–Crippen LogP) is 2.16. The van der Waals surface area contributed by atoms with Crippen LogP contribution in [0.25, 0.3) is 0 Å². The fourth-order valence-electron chi connectivity index (χ4n) is 2.36. The minimum atomic E-state index is -3.15. The second-order valence-electron chi connectivity index (χ2n) is 4.93. The highest BCUT2D eigenvalue weighted by Crippen LogP contribution is 2.17. The van der Waals surface area contributed by atoms with E-state index < -0.39 is 9.84 Å². The smallest absolute Gasteiger partial charge is 0.179 e. The van der Waals surface area contributed by atoms with E-state index in [1.807, 2.05) is 12.1 Å². The van der Waals surface area contributed by atoms with Crippen molar-refractivity contribution in [1.29, 1.82) is 0 Å². The topological polar surface area (TPSA) is 46.2 Å². The lowest BCUT2D eigenvalue weighted by Crippen LogP contribution is -2.39. The summed E-state index contributed by atoms with van der Waals surface area (Å²) in [6, 6.07) is 7.39. The number of hydrogen-bond donors (Lipinski definition) is 1. The molecule has 1 aliphatic rings. The molecule has 1 atom stereocenters. The maximum absolute atomic E-state index is 12.3. The Morgan fingerprint density at radius 3 is 2.50 bits per heavy atom. The molecule has 0 spiro atoms. The van der Waals surface area contributed by atoms with Gasteiger partial charge in [-0.25, -0.2) is 8.42 Å². The zero-order valence-corrected chi connectivity index (χ0v) is 11.7. The van der Waals surface area contributed by atoms with Crippen molar-refractivity contribution in [2.24, 2.45) is 0 Å². The molecule has 1 unspecified atom stereocenters. The summed E-state index contributed by atoms with van der Waals surface area (Å²) in [7, 11) is -3.15. The highest BCUT2D eigenvalue weighted by atomic mass is 32.2. The Morgan fingerprint density at radius 1 is 1.22 bits per heavy atom. The van der Waals surface area contributed by atoms with Gasteiger partial charge in [-0.15, -0.1) is 0 Å². The molecule has 1 heterocycles. The molecular weight excluding hydrogens is 246 g/mol. The van der Waals surface area contributed by atoms with Crippen molar-refractivity contribution in [1.82, 2.24) is 5.32 Å². The molecule has 1 fully saturated rings. The average molecular weight is 267 g/mol. The third-order valence-corrected chi connectivity index (χ3v) is 5.36. The number of piperidine rings is 1. The first-order chi connectivity index (χ1) is 8.62. The molecule has 0 aliphatic carbocycles. The summed E-state index contributed by atoms with van der Waals surface area (Å²) in [6.07, 6.45) is 4.18. The number of aryl methyl sites for hydroxylation is 1. The quantitative estimate of drug-likeness (QED) is 0.909. The summed E-state index contributed by atoms with van der Waals surface area (Å²) < 4.78 is 24.5. The van der Waals surface area contributed by atoms with Gasteiger partial charge in [-0.1, -0.05) is 25.5 Å². The van der Waals surface area contributed by atoms with Crippen LogP contribution < -0.4 is 5.32 Å². The Morgan fingerprint density at radius 2 is 1.94 bits per heavy atom. The van der Waals surface area contributed by atoms with Crippen LogP contribution in [0.2, 0.25) is 0 Å². The van der Waals surface area contributed by atoms with E-state index >= 15 is 0 Å². The Bertz CT molecular complexity index is 473. The summed E-state index contributed by atoms with van der Waals surface area (Å²) in [5.74, 6) is 0.221. The molecule has 1 N–H and O–H groups in total. The molecule has 0 bridgehead atoms. The van der Waals surface area contributed by atoms with Gasteiger partial charge in [0.15, 0.2) is 9.84 Å². The third kappa shape index (κ3) is 3.33. The van der Waals surface area contributed by atoms with Crippen LogP contribution in [0.1, 0.15) is 31.7 Å². The van der Waals surface area contributed by atoms with E-state index in [0.29, 0.717) is 4.90 Å². The van der Waals surface area contributed by atoms with E-state index in [-0.39, 0.29) is 11.8 Å². The van der Waals surface area contributed by atoms with Gasteiger partial charge < -0.3 is 5.32 Å². The van der Waals surface area contributed by atoms with Gasteiger partial charge in [0.05, 0.1) is 10.6 Å². The minimum absolute atomic E-state index is 0.120. The van der Waals surface area contributed by atoms with Gasteiger partial charge in [0.1, 0.15) is 0 Å². The highest BCUT2D eigenvalue weighted by molar-refractivity contribution is 7.91. The first-order valence-corrected chi connectivity index (χ1v) is 8.32. The number of hydrogen-bond acceptors (Lipinski definition) is 3. The lowest BCUT2D eigenvalue weighted by molar-refractivity contribution is 0.423. The van der Waals surface area contributed by atoms with Gasteiger partial charge in [0.25, 0.3) is 0 Å². The summed E-state index contributed by atoms with van der Waals surface area (Å²) >= 11 is 0. The van der Waals surface area contributed by atoms with E-state index in [1.54, 1.807) is 12.1 Å². The van der Waals surface area contributed by atoms with Crippen molar-refractivity contribution in [2.45, 2.75) is 43.5 Å². The van der Waals surface area contributed by atoms with Crippen LogP contribution in [0.15, 0.2) is 29.2 Å². The van der Waals surface area contributed by atoms with Gasteiger partial charge >= 0.3 is 0 Å². The van der Waals surface area contributed by atoms with E-state index in [2.05, 4.69) is 12.2 Å². The Hall–Kier alpha value is -0.870. The molecule has 18 heavy (non-hydrogen) atoms. The molecule has 3 nitrogen and oxygen atoms in total. The van der Waals surface area contributed by atoms with Gasteiger partial charge in [-0.2, -0.15) is 0 Å². The number of sulfone groups is 1. The van der Waals surface area contributed by atoms with Crippen LogP contribution in [0.3, 0.4) is 0 Å². The Labute approximate surface area is 110 Å². The van der Waals surface area contributed by atoms with Crippen molar-refractivity contribution in [2.75, 3.05) is 12.3 Å². The van der Waals surface area contributed by atoms with Crippen molar-refractivity contribution in [3.05, 3.63) is 29.8 Å². The molecule has 0 amide bonds. The van der Waals surface area contributed by atoms with E-state index in [0.717, 1.165) is 32.2 Å². The maximum Gasteiger partial charge on any atom is 0.179 e. The molecule has 2 rings (SSSR count). The first-order valence-electron chi connectivity index (χ1n) is 6.67. The summed E-state index contributed by atoms with van der Waals surface area (Å²) in [5.41, 5.74) is 1.17. The number of benzene rings is 1. The highest BCUT2D eigenvalue weighted by Gasteiger charge is 2.22. The van der Waals surface area contributed by atoms with Crippen molar-refractivity contribution >= 4 is 9.84 Å². The fourth-order valence-corrected chi connectivity index (χ4v) is 3.92. The number of rotatable bonds is 4. The molecule has 1 saturated heterocycles. The maximum atomic E-state index is 12.3. The Balaban J connectivity index is 2.08. The van der Waals surface area contributed by atoms with Gasteiger partial charge in [-0.3, -0.25) is 0 Å². The predicted molar refractivity (Wildman–Crippen MR) is 73.5 cm³/mol. The molecule has 1 aliphatic heterocycles. The lowest BCUT2D eigenvalue weighted by atomic mass is 10.1. The second-order valence-corrected chi connectivity index (χ2v) is 6.96. The zero-order valence-electron chi connectivity index (χ0n) is 10.9. The summed E-state index contributed by atoms with van der Waals surface area (Å²) in [6.45, 7) is 3.00. The molecule has 0 radical (unpaired) electrons. The van der Waals surface area contributed by atoms with Gasteiger partial charge in [0, 0.05) is 6.04 Å². The first kappa shape index (κ1) is 13.6. The SMILES string of the molecule is CCc1ccc(S(=O)(=O)CC2CCCCN2)cc1. The van der Waals surface area contributed by atoms with E-state index in [4.69, 9.17) is 0 Å². The van der Waals surface area contributed by atoms with Crippen LogP contribution in [0, 0.1) is 0 Å². The normalized spacial score (nSPS) is 20.8. The van der Waals surface area contributed by atoms with Crippen LogP contribution in [-0.4, -0.2) is 26.8 Å². The molecular formula is C14H21NO2S. The molecule has 1 aromatic rings. The number of nitrogens with one attached hydrogen (secondary N) is 1. The molecule has 0 saturated carbocycles. The minimum Gasteiger partial charge on any atom is -0.313 e. The van der Waals surface area contributed by atoms with Crippen molar-refractivity contribution in [3.8, 4) is 0 Å². The third-order valence-electron chi connectivity index (χ3n) is 3.52. The second kappa shape index (κ2) is 5.85. The molecule has 100 valence electrons. The summed E-state index contributed by atoms with van der Waals surface area (Å²) in [4.78, 5) is 0.451. The van der Waals surface area contributed by atoms with E-state index in [1.165, 1.54) is 5.56 Å². The van der Waals surface area contributed by atoms with Crippen molar-refractivity contribution < 1.29 is 8.42 Å². The largest absolute Gasteiger partial charge is 0.313 e. The van der Waals surface area contributed by atoms with E-state index in [9.17, 15) is 8.42 Å². The van der Waals surface area contributed by atoms with Gasteiger partial charge in [0.2, 0.25) is 0 Å². The van der Waals surface area contributed by atoms with Crippen LogP contribution in [0.5, 0.6) is 0 Å². The van der Waals surface area contributed by atoms with Crippen LogP contribution in [0.4, 0.5) is 0 Å². The Kier molecular flexibility index (Phi) is 4.40. The summed E-state index contributed by atoms with van der Waals surface area (Å²) in [5, 5.41) is 3.29. The average Bonchev–Trinajstić information content (AvgIpc) is 2.39. The van der Waals surface area contributed by atoms with Gasteiger partial charge in [-0.05, 0) is 43.5 Å². The lowest BCUT2D eigenvalue weighted by Gasteiger charge is -2.23.